The predicted molar refractivity (Wildman–Crippen MR) is 78.4 cm³/mol. The lowest BCUT2D eigenvalue weighted by Gasteiger charge is -2.30. The van der Waals surface area contributed by atoms with Crippen molar-refractivity contribution in [1.82, 2.24) is 10.6 Å². The van der Waals surface area contributed by atoms with Crippen molar-refractivity contribution in [3.63, 3.8) is 0 Å². The molecule has 0 heterocycles. The van der Waals surface area contributed by atoms with Crippen molar-refractivity contribution < 1.29 is 14.3 Å². The first-order valence-electron chi connectivity index (χ1n) is 7.49. The molecule has 5 nitrogen and oxygen atoms in total. The first-order valence-corrected chi connectivity index (χ1v) is 7.49. The molecular formula is C15H28N2O3. The number of amides is 2. The second-order valence-corrected chi connectivity index (χ2v) is 6.74. The van der Waals surface area contributed by atoms with Gasteiger partial charge in [-0.15, -0.1) is 0 Å². The van der Waals surface area contributed by atoms with Crippen molar-refractivity contribution in [3.8, 4) is 0 Å². The van der Waals surface area contributed by atoms with Crippen molar-refractivity contribution in [2.24, 2.45) is 5.92 Å². The van der Waals surface area contributed by atoms with Gasteiger partial charge in [-0.3, -0.25) is 4.79 Å². The largest absolute Gasteiger partial charge is 0.444 e. The lowest BCUT2D eigenvalue weighted by atomic mass is 9.86. The Morgan fingerprint density at radius 3 is 2.35 bits per heavy atom. The third-order valence-corrected chi connectivity index (χ3v) is 3.57. The molecule has 0 spiro atoms. The SMILES string of the molecule is C[C@H](NC(=O)OC(C)(C)C)C(=O)N[C@H]1CCCC[C@H]1C. The van der Waals surface area contributed by atoms with Crippen LogP contribution in [0.3, 0.4) is 0 Å². The Morgan fingerprint density at radius 2 is 1.80 bits per heavy atom. The van der Waals surface area contributed by atoms with E-state index >= 15 is 0 Å². The lowest BCUT2D eigenvalue weighted by molar-refractivity contribution is -0.124. The normalized spacial score (nSPS) is 24.6. The summed E-state index contributed by atoms with van der Waals surface area (Å²) in [6, 6.07) is -0.363. The molecular weight excluding hydrogens is 256 g/mol. The number of hydrogen-bond acceptors (Lipinski definition) is 3. The van der Waals surface area contributed by atoms with Crippen molar-refractivity contribution in [2.75, 3.05) is 0 Å². The fraction of sp³-hybridized carbons (Fsp3) is 0.867. The van der Waals surface area contributed by atoms with Gasteiger partial charge in [0.2, 0.25) is 5.91 Å². The Balaban J connectivity index is 2.40. The van der Waals surface area contributed by atoms with E-state index in [4.69, 9.17) is 4.74 Å². The maximum Gasteiger partial charge on any atom is 0.408 e. The van der Waals surface area contributed by atoms with Gasteiger partial charge in [-0.05, 0) is 46.5 Å². The van der Waals surface area contributed by atoms with E-state index in [2.05, 4.69) is 17.6 Å². The van der Waals surface area contributed by atoms with Crippen LogP contribution >= 0.6 is 0 Å². The minimum atomic E-state index is -0.584. The molecule has 0 aromatic carbocycles. The van der Waals surface area contributed by atoms with E-state index in [9.17, 15) is 9.59 Å². The van der Waals surface area contributed by atoms with Gasteiger partial charge < -0.3 is 15.4 Å². The van der Waals surface area contributed by atoms with Crippen LogP contribution in [0.2, 0.25) is 0 Å². The summed E-state index contributed by atoms with van der Waals surface area (Å²) in [6.45, 7) is 9.21. The van der Waals surface area contributed by atoms with Crippen molar-refractivity contribution in [2.45, 2.75) is 78.0 Å². The molecule has 2 amide bonds. The number of ether oxygens (including phenoxy) is 1. The fourth-order valence-corrected chi connectivity index (χ4v) is 2.39. The topological polar surface area (TPSA) is 67.4 Å². The summed E-state index contributed by atoms with van der Waals surface area (Å²) in [7, 11) is 0. The Morgan fingerprint density at radius 1 is 1.20 bits per heavy atom. The third-order valence-electron chi connectivity index (χ3n) is 3.57. The molecule has 116 valence electrons. The molecule has 0 saturated heterocycles. The summed E-state index contributed by atoms with van der Waals surface area (Å²) < 4.78 is 5.14. The van der Waals surface area contributed by atoms with Crippen molar-refractivity contribution in [1.29, 1.82) is 0 Å². The smallest absolute Gasteiger partial charge is 0.408 e. The van der Waals surface area contributed by atoms with Crippen LogP contribution in [0.25, 0.3) is 0 Å². The summed E-state index contributed by atoms with van der Waals surface area (Å²) >= 11 is 0. The first-order chi connectivity index (χ1) is 9.19. The van der Waals surface area contributed by atoms with Crippen LogP contribution in [0.1, 0.15) is 60.3 Å². The minimum absolute atomic E-state index is 0.144. The zero-order valence-corrected chi connectivity index (χ0v) is 13.3. The Bertz CT molecular complexity index is 350. The van der Waals surface area contributed by atoms with Gasteiger partial charge in [-0.2, -0.15) is 0 Å². The van der Waals surface area contributed by atoms with Crippen molar-refractivity contribution in [3.05, 3.63) is 0 Å². The molecule has 1 aliphatic rings. The summed E-state index contributed by atoms with van der Waals surface area (Å²) in [6.07, 6.45) is 4.00. The molecule has 1 rings (SSSR count). The first kappa shape index (κ1) is 16.8. The van der Waals surface area contributed by atoms with Gasteiger partial charge >= 0.3 is 6.09 Å². The molecule has 2 N–H and O–H groups in total. The van der Waals surface area contributed by atoms with E-state index in [-0.39, 0.29) is 11.9 Å². The average Bonchev–Trinajstić information content (AvgIpc) is 2.29. The van der Waals surface area contributed by atoms with E-state index in [1.165, 1.54) is 6.42 Å². The van der Waals surface area contributed by atoms with Gasteiger partial charge in [0, 0.05) is 6.04 Å². The van der Waals surface area contributed by atoms with E-state index in [0.29, 0.717) is 5.92 Å². The lowest BCUT2D eigenvalue weighted by Crippen LogP contribution is -2.51. The van der Waals surface area contributed by atoms with Crippen molar-refractivity contribution >= 4 is 12.0 Å². The number of nitrogens with one attached hydrogen (secondary N) is 2. The quantitative estimate of drug-likeness (QED) is 0.837. The van der Waals surface area contributed by atoms with Crippen LogP contribution in [-0.2, 0) is 9.53 Å². The molecule has 5 heteroatoms. The Kier molecular flexibility index (Phi) is 5.84. The number of hydrogen-bond donors (Lipinski definition) is 2. The molecule has 0 aliphatic heterocycles. The van der Waals surface area contributed by atoms with Crippen LogP contribution in [0.4, 0.5) is 4.79 Å². The molecule has 0 unspecified atom stereocenters. The molecule has 3 atom stereocenters. The van der Waals surface area contributed by atoms with Crippen LogP contribution in [0.15, 0.2) is 0 Å². The standard InChI is InChI=1S/C15H28N2O3/c1-10-8-6-7-9-12(10)17-13(18)11(2)16-14(19)20-15(3,4)5/h10-12H,6-9H2,1-5H3,(H,16,19)(H,17,18)/t10-,11+,12+/m1/s1. The molecule has 20 heavy (non-hydrogen) atoms. The summed E-state index contributed by atoms with van der Waals surface area (Å²) in [5.41, 5.74) is -0.557. The highest BCUT2D eigenvalue weighted by molar-refractivity contribution is 5.85. The molecule has 0 radical (unpaired) electrons. The van der Waals surface area contributed by atoms with E-state index < -0.39 is 17.7 Å². The highest BCUT2D eigenvalue weighted by Crippen LogP contribution is 2.23. The fourth-order valence-electron chi connectivity index (χ4n) is 2.39. The predicted octanol–water partition coefficient (Wildman–Crippen LogP) is 2.59. The van der Waals surface area contributed by atoms with Gasteiger partial charge in [0.1, 0.15) is 11.6 Å². The molecule has 1 fully saturated rings. The minimum Gasteiger partial charge on any atom is -0.444 e. The number of carbonyl (C=O) groups is 2. The Hall–Kier alpha value is -1.26. The molecule has 0 aromatic rings. The van der Waals surface area contributed by atoms with E-state index in [1.54, 1.807) is 27.7 Å². The molecule has 0 bridgehead atoms. The second-order valence-electron chi connectivity index (χ2n) is 6.74. The molecule has 0 aromatic heterocycles. The van der Waals surface area contributed by atoms with E-state index in [1.807, 2.05) is 0 Å². The second kappa shape index (κ2) is 6.95. The van der Waals surface area contributed by atoms with Crippen LogP contribution in [-0.4, -0.2) is 29.7 Å². The van der Waals surface area contributed by atoms with Crippen LogP contribution < -0.4 is 10.6 Å². The summed E-state index contributed by atoms with van der Waals surface area (Å²) in [5.74, 6) is 0.357. The zero-order valence-electron chi connectivity index (χ0n) is 13.3. The maximum absolute atomic E-state index is 12.1. The van der Waals surface area contributed by atoms with Gasteiger partial charge in [-0.1, -0.05) is 19.8 Å². The number of alkyl carbamates (subject to hydrolysis) is 1. The monoisotopic (exact) mass is 284 g/mol. The summed E-state index contributed by atoms with van der Waals surface area (Å²) in [4.78, 5) is 23.7. The highest BCUT2D eigenvalue weighted by Gasteiger charge is 2.26. The molecule has 1 aliphatic carbocycles. The van der Waals surface area contributed by atoms with Gasteiger partial charge in [0.15, 0.2) is 0 Å². The van der Waals surface area contributed by atoms with Gasteiger partial charge in [0.05, 0.1) is 0 Å². The van der Waals surface area contributed by atoms with Crippen LogP contribution in [0, 0.1) is 5.92 Å². The average molecular weight is 284 g/mol. The van der Waals surface area contributed by atoms with Gasteiger partial charge in [-0.25, -0.2) is 4.79 Å². The highest BCUT2D eigenvalue weighted by atomic mass is 16.6. The number of rotatable bonds is 3. The third kappa shape index (κ3) is 5.80. The van der Waals surface area contributed by atoms with E-state index in [0.717, 1.165) is 19.3 Å². The molecule has 1 saturated carbocycles. The maximum atomic E-state index is 12.1. The summed E-state index contributed by atoms with van der Waals surface area (Å²) in [5, 5.41) is 5.59. The Labute approximate surface area is 121 Å². The zero-order chi connectivity index (χ0) is 15.3. The number of carbonyl (C=O) groups excluding carboxylic acids is 2. The van der Waals surface area contributed by atoms with Gasteiger partial charge in [0.25, 0.3) is 0 Å². The van der Waals surface area contributed by atoms with Crippen LogP contribution in [0.5, 0.6) is 0 Å².